The van der Waals surface area contributed by atoms with Crippen LogP contribution in [-0.4, -0.2) is 29.6 Å². The lowest BCUT2D eigenvalue weighted by atomic mass is 10.5. The van der Waals surface area contributed by atoms with Crippen molar-refractivity contribution in [1.82, 2.24) is 0 Å². The minimum absolute atomic E-state index is 0.0641. The van der Waals surface area contributed by atoms with E-state index in [4.69, 9.17) is 4.89 Å². The van der Waals surface area contributed by atoms with Gasteiger partial charge in [0, 0.05) is 18.5 Å². The average molecular weight is 183 g/mol. The first-order valence-electron chi connectivity index (χ1n) is 2.97. The van der Waals surface area contributed by atoms with E-state index in [-0.39, 0.29) is 19.1 Å². The van der Waals surface area contributed by atoms with Crippen LogP contribution in [0.2, 0.25) is 0 Å². The Morgan fingerprint density at radius 3 is 2.64 bits per heavy atom. The Kier molecular flexibility index (Phi) is 4.25. The fraction of sp³-hybridized carbons (Fsp3) is 1.00. The van der Waals surface area contributed by atoms with Crippen LogP contribution in [0.1, 0.15) is 6.42 Å². The molecule has 0 saturated heterocycles. The standard InChI is InChI=1S/C4H10NO5P/c1-10-11(8,9)4-2-3-5(6)7/h2-4H2,1H3,(H,8,9). The highest BCUT2D eigenvalue weighted by atomic mass is 31.2. The van der Waals surface area contributed by atoms with Crippen molar-refractivity contribution in [3.05, 3.63) is 10.1 Å². The molecule has 0 saturated carbocycles. The molecule has 0 aromatic carbocycles. The van der Waals surface area contributed by atoms with Crippen molar-refractivity contribution in [2.45, 2.75) is 6.42 Å². The van der Waals surface area contributed by atoms with Gasteiger partial charge < -0.3 is 9.42 Å². The van der Waals surface area contributed by atoms with Gasteiger partial charge in [-0.2, -0.15) is 0 Å². The zero-order valence-corrected chi connectivity index (χ0v) is 6.99. The summed E-state index contributed by atoms with van der Waals surface area (Å²) >= 11 is 0. The second-order valence-corrected chi connectivity index (χ2v) is 4.04. The molecular formula is C4H10NO5P. The van der Waals surface area contributed by atoms with Gasteiger partial charge in [-0.15, -0.1) is 0 Å². The number of hydrogen-bond donors (Lipinski definition) is 1. The Balaban J connectivity index is 3.54. The van der Waals surface area contributed by atoms with E-state index in [1.807, 2.05) is 0 Å². The molecule has 6 nitrogen and oxygen atoms in total. The Bertz CT molecular complexity index is 181. The summed E-state index contributed by atoms with van der Waals surface area (Å²) in [4.78, 5) is 18.0. The fourth-order valence-electron chi connectivity index (χ4n) is 0.491. The first-order chi connectivity index (χ1) is 4.98. The molecule has 0 bridgehead atoms. The van der Waals surface area contributed by atoms with Crippen LogP contribution >= 0.6 is 7.60 Å². The van der Waals surface area contributed by atoms with Crippen molar-refractivity contribution in [2.24, 2.45) is 0 Å². The van der Waals surface area contributed by atoms with Crippen LogP contribution in [0, 0.1) is 10.1 Å². The predicted molar refractivity (Wildman–Crippen MR) is 38.2 cm³/mol. The second kappa shape index (κ2) is 4.43. The van der Waals surface area contributed by atoms with Gasteiger partial charge >= 0.3 is 7.60 Å². The van der Waals surface area contributed by atoms with Gasteiger partial charge in [0.05, 0.1) is 6.16 Å². The molecule has 66 valence electrons. The van der Waals surface area contributed by atoms with Gasteiger partial charge in [0.15, 0.2) is 0 Å². The highest BCUT2D eigenvalue weighted by molar-refractivity contribution is 7.52. The monoisotopic (exact) mass is 183 g/mol. The van der Waals surface area contributed by atoms with Gasteiger partial charge in [-0.05, 0) is 0 Å². The molecule has 0 rings (SSSR count). The van der Waals surface area contributed by atoms with E-state index < -0.39 is 12.5 Å². The SMILES string of the molecule is COP(=O)(O)CCC[N+](=O)[O-]. The van der Waals surface area contributed by atoms with Crippen molar-refractivity contribution in [1.29, 1.82) is 0 Å². The van der Waals surface area contributed by atoms with Gasteiger partial charge in [0.2, 0.25) is 6.54 Å². The first-order valence-corrected chi connectivity index (χ1v) is 4.73. The Morgan fingerprint density at radius 1 is 1.73 bits per heavy atom. The smallest absolute Gasteiger partial charge is 0.324 e. The number of rotatable bonds is 5. The third-order valence-electron chi connectivity index (χ3n) is 1.07. The molecule has 0 heterocycles. The number of hydrogen-bond acceptors (Lipinski definition) is 4. The van der Waals surface area contributed by atoms with Gasteiger partial charge in [-0.25, -0.2) is 0 Å². The van der Waals surface area contributed by atoms with Crippen molar-refractivity contribution >= 4 is 7.60 Å². The molecule has 0 aliphatic carbocycles. The van der Waals surface area contributed by atoms with Crippen molar-refractivity contribution in [3.63, 3.8) is 0 Å². The highest BCUT2D eigenvalue weighted by Crippen LogP contribution is 2.40. The molecule has 0 amide bonds. The number of nitro groups is 1. The Labute approximate surface area is 63.9 Å². The van der Waals surface area contributed by atoms with E-state index in [1.165, 1.54) is 0 Å². The van der Waals surface area contributed by atoms with Crippen molar-refractivity contribution in [2.75, 3.05) is 19.8 Å². The third kappa shape index (κ3) is 5.97. The van der Waals surface area contributed by atoms with Crippen LogP contribution in [0.3, 0.4) is 0 Å². The normalized spacial score (nSPS) is 15.8. The lowest BCUT2D eigenvalue weighted by molar-refractivity contribution is -0.479. The molecule has 1 N–H and O–H groups in total. The average Bonchev–Trinajstić information content (AvgIpc) is 1.87. The molecule has 11 heavy (non-hydrogen) atoms. The molecule has 1 atom stereocenters. The largest absolute Gasteiger partial charge is 0.328 e. The Morgan fingerprint density at radius 2 is 2.27 bits per heavy atom. The minimum Gasteiger partial charge on any atom is -0.324 e. The van der Waals surface area contributed by atoms with E-state index in [9.17, 15) is 14.7 Å². The van der Waals surface area contributed by atoms with Gasteiger partial charge in [0.25, 0.3) is 0 Å². The fourth-order valence-corrected chi connectivity index (χ4v) is 1.21. The maximum absolute atomic E-state index is 10.7. The van der Waals surface area contributed by atoms with Crippen molar-refractivity contribution < 1.29 is 18.9 Å². The summed E-state index contributed by atoms with van der Waals surface area (Å²) < 4.78 is 14.9. The summed E-state index contributed by atoms with van der Waals surface area (Å²) in [6.07, 6.45) is -0.0981. The highest BCUT2D eigenvalue weighted by Gasteiger charge is 2.17. The summed E-state index contributed by atoms with van der Waals surface area (Å²) in [5.74, 6) is 0. The summed E-state index contributed by atoms with van der Waals surface area (Å²) in [6, 6.07) is 0. The zero-order chi connectivity index (χ0) is 8.91. The second-order valence-electron chi connectivity index (χ2n) is 1.95. The summed E-state index contributed by atoms with van der Waals surface area (Å²) in [5.41, 5.74) is 0. The van der Waals surface area contributed by atoms with E-state index in [0.717, 1.165) is 7.11 Å². The maximum Gasteiger partial charge on any atom is 0.328 e. The van der Waals surface area contributed by atoms with Crippen LogP contribution in [0.15, 0.2) is 0 Å². The van der Waals surface area contributed by atoms with Crippen LogP contribution in [0.25, 0.3) is 0 Å². The van der Waals surface area contributed by atoms with Gasteiger partial charge in [-0.3, -0.25) is 14.7 Å². The lowest BCUT2D eigenvalue weighted by Gasteiger charge is -2.05. The molecular weight excluding hydrogens is 173 g/mol. The summed E-state index contributed by atoms with van der Waals surface area (Å²) in [7, 11) is -2.43. The molecule has 0 aromatic rings. The van der Waals surface area contributed by atoms with Gasteiger partial charge in [-0.1, -0.05) is 0 Å². The van der Waals surface area contributed by atoms with E-state index >= 15 is 0 Å². The van der Waals surface area contributed by atoms with Crippen LogP contribution in [0.5, 0.6) is 0 Å². The van der Waals surface area contributed by atoms with Crippen LogP contribution in [-0.2, 0) is 9.09 Å². The molecule has 0 fully saturated rings. The molecule has 0 radical (unpaired) electrons. The van der Waals surface area contributed by atoms with Gasteiger partial charge in [0.1, 0.15) is 0 Å². The third-order valence-corrected chi connectivity index (χ3v) is 2.52. The predicted octanol–water partition coefficient (Wildman–Crippen LogP) is 0.485. The van der Waals surface area contributed by atoms with E-state index in [0.29, 0.717) is 0 Å². The maximum atomic E-state index is 10.7. The zero-order valence-electron chi connectivity index (χ0n) is 6.10. The van der Waals surface area contributed by atoms with E-state index in [1.54, 1.807) is 0 Å². The molecule has 1 unspecified atom stereocenters. The minimum atomic E-state index is -3.53. The quantitative estimate of drug-likeness (QED) is 0.380. The molecule has 0 spiro atoms. The summed E-state index contributed by atoms with van der Waals surface area (Å²) in [5, 5.41) is 9.77. The van der Waals surface area contributed by atoms with Crippen molar-refractivity contribution in [3.8, 4) is 0 Å². The molecule has 0 aromatic heterocycles. The Hall–Kier alpha value is -0.450. The topological polar surface area (TPSA) is 89.7 Å². The summed E-state index contributed by atoms with van der Waals surface area (Å²) in [6.45, 7) is -0.298. The molecule has 7 heteroatoms. The van der Waals surface area contributed by atoms with Crippen LogP contribution in [0.4, 0.5) is 0 Å². The molecule has 0 aliphatic rings. The van der Waals surface area contributed by atoms with E-state index in [2.05, 4.69) is 4.52 Å². The number of nitrogens with zero attached hydrogens (tertiary/aromatic N) is 1. The first kappa shape index (κ1) is 10.6. The van der Waals surface area contributed by atoms with Crippen LogP contribution < -0.4 is 0 Å². The molecule has 0 aliphatic heterocycles. The lowest BCUT2D eigenvalue weighted by Crippen LogP contribution is -2.03.